The van der Waals surface area contributed by atoms with Crippen molar-refractivity contribution in [2.24, 2.45) is 23.2 Å². The molecule has 6 heteroatoms. The van der Waals surface area contributed by atoms with Gasteiger partial charge in [-0.25, -0.2) is 0 Å². The van der Waals surface area contributed by atoms with E-state index in [1.807, 2.05) is 0 Å². The van der Waals surface area contributed by atoms with Gasteiger partial charge in [0.05, 0.1) is 44.2 Å². The number of fused-ring (bicyclic) bond motifs is 1. The minimum atomic E-state index is -0.124. The van der Waals surface area contributed by atoms with Crippen LogP contribution in [0.5, 0.6) is 0 Å². The van der Waals surface area contributed by atoms with Gasteiger partial charge in [-0.2, -0.15) is 0 Å². The molecule has 0 amide bonds. The van der Waals surface area contributed by atoms with Crippen molar-refractivity contribution in [1.82, 2.24) is 0 Å². The highest BCUT2D eigenvalue weighted by molar-refractivity contribution is 4.91. The van der Waals surface area contributed by atoms with Gasteiger partial charge in [0.25, 0.3) is 0 Å². The van der Waals surface area contributed by atoms with Crippen molar-refractivity contribution >= 4 is 0 Å². The Kier molecular flexibility index (Phi) is 9.28. The summed E-state index contributed by atoms with van der Waals surface area (Å²) in [4.78, 5) is 0. The smallest absolute Gasteiger partial charge is 0.0845 e. The Morgan fingerprint density at radius 3 is 1.62 bits per heavy atom. The van der Waals surface area contributed by atoms with Crippen LogP contribution in [-0.2, 0) is 28.4 Å². The summed E-state index contributed by atoms with van der Waals surface area (Å²) in [6.07, 6.45) is 9.75. The molecule has 4 aliphatic rings. The first-order valence-electron chi connectivity index (χ1n) is 13.1. The lowest BCUT2D eigenvalue weighted by molar-refractivity contribution is -0.0908. The van der Waals surface area contributed by atoms with Crippen molar-refractivity contribution in [2.45, 2.75) is 90.1 Å². The van der Waals surface area contributed by atoms with Crippen LogP contribution in [0.2, 0.25) is 0 Å². The van der Waals surface area contributed by atoms with Gasteiger partial charge in [-0.3, -0.25) is 0 Å². The van der Waals surface area contributed by atoms with E-state index >= 15 is 0 Å². The monoisotopic (exact) mass is 454 g/mol. The average molecular weight is 455 g/mol. The van der Waals surface area contributed by atoms with Crippen molar-refractivity contribution in [1.29, 1.82) is 0 Å². The summed E-state index contributed by atoms with van der Waals surface area (Å²) in [5, 5.41) is 0. The van der Waals surface area contributed by atoms with Crippen LogP contribution in [0.1, 0.15) is 65.7 Å². The Labute approximate surface area is 195 Å². The molecule has 4 rings (SSSR count). The molecule has 4 fully saturated rings. The van der Waals surface area contributed by atoms with E-state index in [1.54, 1.807) is 0 Å². The second kappa shape index (κ2) is 11.9. The highest BCUT2D eigenvalue weighted by atomic mass is 16.6. The number of rotatable bonds is 12. The van der Waals surface area contributed by atoms with E-state index in [2.05, 4.69) is 20.8 Å². The largest absolute Gasteiger partial charge is 0.380 e. The predicted molar refractivity (Wildman–Crippen MR) is 123 cm³/mol. The van der Waals surface area contributed by atoms with Crippen LogP contribution in [0.15, 0.2) is 0 Å². The summed E-state index contributed by atoms with van der Waals surface area (Å²) in [7, 11) is 0. The normalized spacial score (nSPS) is 39.3. The number of ether oxygens (including phenoxy) is 6. The fourth-order valence-corrected chi connectivity index (χ4v) is 5.66. The summed E-state index contributed by atoms with van der Waals surface area (Å²) in [6.45, 7) is 12.8. The molecule has 3 aliphatic heterocycles. The van der Waals surface area contributed by atoms with E-state index in [-0.39, 0.29) is 5.41 Å². The maximum Gasteiger partial charge on any atom is 0.0845 e. The van der Waals surface area contributed by atoms with Crippen molar-refractivity contribution in [2.75, 3.05) is 52.9 Å². The predicted octanol–water partition coefficient (Wildman–Crippen LogP) is 4.24. The Morgan fingerprint density at radius 1 is 0.656 bits per heavy atom. The van der Waals surface area contributed by atoms with Crippen molar-refractivity contribution in [3.63, 3.8) is 0 Å². The fourth-order valence-electron chi connectivity index (χ4n) is 5.66. The molecule has 0 aromatic rings. The Morgan fingerprint density at radius 2 is 1.16 bits per heavy atom. The third-order valence-electron chi connectivity index (χ3n) is 7.71. The van der Waals surface area contributed by atoms with Crippen LogP contribution < -0.4 is 0 Å². The van der Waals surface area contributed by atoms with Crippen LogP contribution in [-0.4, -0.2) is 77.3 Å². The van der Waals surface area contributed by atoms with Crippen LogP contribution in [0.25, 0.3) is 0 Å². The van der Waals surface area contributed by atoms with Crippen LogP contribution in [0.3, 0.4) is 0 Å². The molecule has 1 aliphatic carbocycles. The van der Waals surface area contributed by atoms with E-state index < -0.39 is 0 Å². The second-order valence-electron chi connectivity index (χ2n) is 11.4. The third-order valence-corrected chi connectivity index (χ3v) is 7.71. The molecule has 0 radical (unpaired) electrons. The zero-order valence-electron chi connectivity index (χ0n) is 20.6. The van der Waals surface area contributed by atoms with E-state index in [1.165, 1.54) is 12.8 Å². The zero-order chi connectivity index (χ0) is 22.4. The maximum absolute atomic E-state index is 6.27. The first-order chi connectivity index (χ1) is 15.5. The van der Waals surface area contributed by atoms with Crippen LogP contribution in [0.4, 0.5) is 0 Å². The Bertz CT molecular complexity index is 509. The Balaban J connectivity index is 1.20. The molecule has 32 heavy (non-hydrogen) atoms. The second-order valence-corrected chi connectivity index (χ2v) is 11.4. The molecule has 0 N–H and O–H groups in total. The maximum atomic E-state index is 6.27. The first-order valence-corrected chi connectivity index (χ1v) is 13.1. The topological polar surface area (TPSA) is 58.7 Å². The van der Waals surface area contributed by atoms with Gasteiger partial charge in [-0.05, 0) is 76.5 Å². The summed E-state index contributed by atoms with van der Waals surface area (Å²) in [5.41, 5.74) is -0.124. The van der Waals surface area contributed by atoms with E-state index in [4.69, 9.17) is 28.4 Å². The van der Waals surface area contributed by atoms with Gasteiger partial charge in [0.15, 0.2) is 0 Å². The van der Waals surface area contributed by atoms with Gasteiger partial charge in [0.1, 0.15) is 0 Å². The summed E-state index contributed by atoms with van der Waals surface area (Å²) in [6, 6.07) is 0. The van der Waals surface area contributed by atoms with Gasteiger partial charge in [-0.1, -0.05) is 6.92 Å². The third kappa shape index (κ3) is 7.92. The van der Waals surface area contributed by atoms with Crippen molar-refractivity contribution in [3.8, 4) is 0 Å². The van der Waals surface area contributed by atoms with E-state index in [9.17, 15) is 0 Å². The quantitative estimate of drug-likeness (QED) is 0.411. The first kappa shape index (κ1) is 24.9. The van der Waals surface area contributed by atoms with Crippen molar-refractivity contribution in [3.05, 3.63) is 0 Å². The lowest BCUT2D eigenvalue weighted by Crippen LogP contribution is -2.37. The van der Waals surface area contributed by atoms with Gasteiger partial charge in [-0.15, -0.1) is 0 Å². The molecule has 186 valence electrons. The lowest BCUT2D eigenvalue weighted by atomic mass is 9.89. The average Bonchev–Trinajstić information content (AvgIpc) is 3.53. The molecule has 7 unspecified atom stereocenters. The zero-order valence-corrected chi connectivity index (χ0v) is 20.6. The molecule has 1 saturated carbocycles. The molecule has 0 spiro atoms. The molecule has 7 atom stereocenters. The molecule has 0 bridgehead atoms. The van der Waals surface area contributed by atoms with Crippen LogP contribution in [0, 0.1) is 23.2 Å². The SMILES string of the molecule is CC1CC(COCC(C)(COCC2CCOC(C)C2)COCC2CCC3OC3C2)CCO1. The van der Waals surface area contributed by atoms with Gasteiger partial charge >= 0.3 is 0 Å². The molecular weight excluding hydrogens is 408 g/mol. The van der Waals surface area contributed by atoms with E-state index in [0.29, 0.717) is 62.0 Å². The highest BCUT2D eigenvalue weighted by Gasteiger charge is 2.43. The lowest BCUT2D eigenvalue weighted by Gasteiger charge is -2.33. The summed E-state index contributed by atoms with van der Waals surface area (Å²) in [5.74, 6) is 1.84. The van der Waals surface area contributed by atoms with Crippen molar-refractivity contribution < 1.29 is 28.4 Å². The molecular formula is C26H46O6. The molecule has 3 saturated heterocycles. The van der Waals surface area contributed by atoms with Gasteiger partial charge in [0.2, 0.25) is 0 Å². The molecule has 6 nitrogen and oxygen atoms in total. The number of epoxide rings is 1. The summed E-state index contributed by atoms with van der Waals surface area (Å²) < 4.78 is 35.8. The minimum Gasteiger partial charge on any atom is -0.380 e. The molecule has 0 aromatic heterocycles. The molecule has 3 heterocycles. The fraction of sp³-hybridized carbons (Fsp3) is 1.00. The van der Waals surface area contributed by atoms with Crippen LogP contribution >= 0.6 is 0 Å². The summed E-state index contributed by atoms with van der Waals surface area (Å²) >= 11 is 0. The molecule has 0 aromatic carbocycles. The van der Waals surface area contributed by atoms with Gasteiger partial charge in [0, 0.05) is 38.4 Å². The standard InChI is InChI=1S/C26H46O6/c1-19-10-22(6-8-30-19)14-28-17-26(3,18-29-15-23-7-9-31-20(2)11-23)16-27-13-21-4-5-24-25(12-21)32-24/h19-25H,4-18H2,1-3H3. The van der Waals surface area contributed by atoms with Gasteiger partial charge < -0.3 is 28.4 Å². The number of hydrogen-bond donors (Lipinski definition) is 0. The number of hydrogen-bond acceptors (Lipinski definition) is 6. The Hall–Kier alpha value is -0.240. The van der Waals surface area contributed by atoms with E-state index in [0.717, 1.165) is 65.1 Å². The highest BCUT2D eigenvalue weighted by Crippen LogP contribution is 2.39. The minimum absolute atomic E-state index is 0.124.